The molecule has 0 N–H and O–H groups in total. The molecule has 9 heteroatoms. The van der Waals surface area contributed by atoms with Gasteiger partial charge in [0, 0.05) is 10.6 Å². The second kappa shape index (κ2) is 10.4. The van der Waals surface area contributed by atoms with Crippen molar-refractivity contribution in [1.29, 1.82) is 0 Å². The van der Waals surface area contributed by atoms with Gasteiger partial charge in [-0.05, 0) is 60.7 Å². The molecule has 1 fully saturated rings. The number of aromatic nitrogens is 2. The van der Waals surface area contributed by atoms with E-state index in [0.717, 1.165) is 21.8 Å². The van der Waals surface area contributed by atoms with Gasteiger partial charge in [-0.2, -0.15) is 4.99 Å². The van der Waals surface area contributed by atoms with Gasteiger partial charge in [0.05, 0.1) is 10.6 Å². The van der Waals surface area contributed by atoms with Crippen LogP contribution < -0.4 is 9.64 Å². The van der Waals surface area contributed by atoms with Crippen molar-refractivity contribution in [3.63, 3.8) is 0 Å². The number of thioether (sulfide) groups is 1. The highest BCUT2D eigenvalue weighted by atomic mass is 35.5. The number of rotatable bonds is 6. The second-order valence-corrected chi connectivity index (χ2v) is 10.1. The molecule has 35 heavy (non-hydrogen) atoms. The average Bonchev–Trinajstić information content (AvgIpc) is 3.42. The molecule has 1 amide bonds. The predicted octanol–water partition coefficient (Wildman–Crippen LogP) is 6.89. The molecule has 3 aromatic carbocycles. The van der Waals surface area contributed by atoms with Crippen LogP contribution in [-0.2, 0) is 11.4 Å². The fraction of sp³-hybridized carbons (Fsp3) is 0.0769. The van der Waals surface area contributed by atoms with Gasteiger partial charge in [0.15, 0.2) is 5.17 Å². The molecule has 0 bridgehead atoms. The molecule has 0 aliphatic carbocycles. The van der Waals surface area contributed by atoms with Crippen molar-refractivity contribution in [2.45, 2.75) is 13.5 Å². The highest BCUT2D eigenvalue weighted by Gasteiger charge is 2.35. The summed E-state index contributed by atoms with van der Waals surface area (Å²) in [6, 6.07) is 24.6. The molecular weight excluding hydrogens is 500 g/mol. The van der Waals surface area contributed by atoms with Crippen LogP contribution in [0.5, 0.6) is 5.75 Å². The minimum Gasteiger partial charge on any atom is -0.488 e. The molecule has 1 saturated heterocycles. The number of nitrogens with zero attached hydrogens (tertiary/aromatic N) is 4. The van der Waals surface area contributed by atoms with Crippen LogP contribution in [0, 0.1) is 6.92 Å². The van der Waals surface area contributed by atoms with Gasteiger partial charge in [-0.25, -0.2) is 0 Å². The highest BCUT2D eigenvalue weighted by Crippen LogP contribution is 2.38. The van der Waals surface area contributed by atoms with Crippen LogP contribution in [0.3, 0.4) is 0 Å². The van der Waals surface area contributed by atoms with E-state index in [2.05, 4.69) is 15.2 Å². The second-order valence-electron chi connectivity index (χ2n) is 7.54. The maximum atomic E-state index is 13.5. The van der Waals surface area contributed by atoms with Gasteiger partial charge in [0.2, 0.25) is 5.13 Å². The predicted molar refractivity (Wildman–Crippen MR) is 143 cm³/mol. The van der Waals surface area contributed by atoms with Gasteiger partial charge in [-0.1, -0.05) is 71.5 Å². The summed E-state index contributed by atoms with van der Waals surface area (Å²) in [6.07, 6.45) is 1.84. The third kappa shape index (κ3) is 5.45. The van der Waals surface area contributed by atoms with E-state index in [1.54, 1.807) is 4.90 Å². The van der Waals surface area contributed by atoms with Crippen LogP contribution in [0.1, 0.15) is 16.1 Å². The number of aryl methyl sites for hydroxylation is 1. The van der Waals surface area contributed by atoms with Crippen molar-refractivity contribution < 1.29 is 9.53 Å². The number of ether oxygens (including phenoxy) is 1. The lowest BCUT2D eigenvalue weighted by atomic mass is 10.1. The molecule has 6 nitrogen and oxygen atoms in total. The summed E-state index contributed by atoms with van der Waals surface area (Å²) in [6.45, 7) is 2.26. The first kappa shape index (κ1) is 23.3. The van der Waals surface area contributed by atoms with Crippen molar-refractivity contribution >= 4 is 62.7 Å². The first-order valence-electron chi connectivity index (χ1n) is 10.7. The SMILES string of the molecule is Cc1nnc(/N=C2/S/C(=C\c3ccccc3OCc3ccc(Cl)cc3)C(=O)N2c2ccccc2)s1. The molecule has 4 aromatic rings. The van der Waals surface area contributed by atoms with E-state index in [0.29, 0.717) is 32.6 Å². The van der Waals surface area contributed by atoms with Crippen molar-refractivity contribution in [3.8, 4) is 5.75 Å². The Morgan fingerprint density at radius 1 is 1.00 bits per heavy atom. The summed E-state index contributed by atoms with van der Waals surface area (Å²) in [5.41, 5.74) is 2.54. The highest BCUT2D eigenvalue weighted by molar-refractivity contribution is 8.19. The number of para-hydroxylation sites is 2. The molecule has 0 unspecified atom stereocenters. The topological polar surface area (TPSA) is 67.7 Å². The Balaban J connectivity index is 1.46. The molecule has 0 spiro atoms. The van der Waals surface area contributed by atoms with Gasteiger partial charge < -0.3 is 4.74 Å². The average molecular weight is 519 g/mol. The number of carbonyl (C=O) groups excluding carboxylic acids is 1. The Kier molecular flexibility index (Phi) is 6.94. The third-order valence-electron chi connectivity index (χ3n) is 5.04. The minimum atomic E-state index is -0.159. The first-order chi connectivity index (χ1) is 17.1. The van der Waals surface area contributed by atoms with Gasteiger partial charge >= 0.3 is 0 Å². The number of carbonyl (C=O) groups is 1. The van der Waals surface area contributed by atoms with E-state index < -0.39 is 0 Å². The molecule has 0 atom stereocenters. The molecular formula is C26H19ClN4O2S2. The molecule has 2 heterocycles. The normalized spacial score (nSPS) is 15.8. The fourth-order valence-electron chi connectivity index (χ4n) is 3.38. The monoisotopic (exact) mass is 518 g/mol. The van der Waals surface area contributed by atoms with Gasteiger partial charge in [-0.15, -0.1) is 10.2 Å². The number of halogens is 1. The number of benzene rings is 3. The number of hydrogen-bond acceptors (Lipinski definition) is 7. The first-order valence-corrected chi connectivity index (χ1v) is 12.7. The summed E-state index contributed by atoms with van der Waals surface area (Å²) in [5, 5.41) is 10.7. The Bertz CT molecular complexity index is 1420. The number of amidine groups is 1. The van der Waals surface area contributed by atoms with Crippen LogP contribution in [0.2, 0.25) is 5.02 Å². The Morgan fingerprint density at radius 3 is 2.49 bits per heavy atom. The lowest BCUT2D eigenvalue weighted by molar-refractivity contribution is -0.113. The van der Waals surface area contributed by atoms with Crippen LogP contribution in [0.4, 0.5) is 10.8 Å². The van der Waals surface area contributed by atoms with Crippen molar-refractivity contribution in [1.82, 2.24) is 10.2 Å². The van der Waals surface area contributed by atoms with Crippen LogP contribution >= 0.6 is 34.7 Å². The van der Waals surface area contributed by atoms with Crippen LogP contribution in [0.15, 0.2) is 88.8 Å². The molecule has 0 radical (unpaired) electrons. The Hall–Kier alpha value is -3.46. The quantitative estimate of drug-likeness (QED) is 0.260. The van der Waals surface area contributed by atoms with Crippen LogP contribution in [0.25, 0.3) is 6.08 Å². The van der Waals surface area contributed by atoms with Gasteiger partial charge in [-0.3, -0.25) is 9.69 Å². The molecule has 1 aliphatic rings. The molecule has 0 saturated carbocycles. The lowest BCUT2D eigenvalue weighted by Crippen LogP contribution is -2.28. The molecule has 1 aromatic heterocycles. The minimum absolute atomic E-state index is 0.159. The van der Waals surface area contributed by atoms with Crippen molar-refractivity contribution in [2.75, 3.05) is 4.90 Å². The summed E-state index contributed by atoms with van der Waals surface area (Å²) in [7, 11) is 0. The number of anilines is 1. The molecule has 174 valence electrons. The largest absolute Gasteiger partial charge is 0.488 e. The zero-order chi connectivity index (χ0) is 24.2. The van der Waals surface area contributed by atoms with Gasteiger partial charge in [0.25, 0.3) is 5.91 Å². The third-order valence-corrected chi connectivity index (χ3v) is 6.99. The summed E-state index contributed by atoms with van der Waals surface area (Å²) in [4.78, 5) is 20.3. The summed E-state index contributed by atoms with van der Waals surface area (Å²) < 4.78 is 6.08. The lowest BCUT2D eigenvalue weighted by Gasteiger charge is -2.14. The maximum absolute atomic E-state index is 13.5. The smallest absolute Gasteiger partial charge is 0.271 e. The number of aliphatic imine (C=N–C) groups is 1. The van der Waals surface area contributed by atoms with E-state index in [-0.39, 0.29) is 5.91 Å². The zero-order valence-electron chi connectivity index (χ0n) is 18.6. The van der Waals surface area contributed by atoms with E-state index in [1.807, 2.05) is 91.9 Å². The van der Waals surface area contributed by atoms with Crippen molar-refractivity contribution in [3.05, 3.63) is 105 Å². The van der Waals surface area contributed by atoms with E-state index in [9.17, 15) is 4.79 Å². The Morgan fingerprint density at radius 2 is 1.74 bits per heavy atom. The summed E-state index contributed by atoms with van der Waals surface area (Å²) >= 11 is 8.66. The van der Waals surface area contributed by atoms with E-state index >= 15 is 0 Å². The van der Waals surface area contributed by atoms with Crippen molar-refractivity contribution in [2.24, 2.45) is 4.99 Å². The Labute approximate surface area is 216 Å². The van der Waals surface area contributed by atoms with Crippen LogP contribution in [-0.4, -0.2) is 21.3 Å². The fourth-order valence-corrected chi connectivity index (χ4v) is 5.10. The summed E-state index contributed by atoms with van der Waals surface area (Å²) in [5.74, 6) is 0.522. The maximum Gasteiger partial charge on any atom is 0.271 e. The molecule has 1 aliphatic heterocycles. The van der Waals surface area contributed by atoms with E-state index in [4.69, 9.17) is 16.3 Å². The van der Waals surface area contributed by atoms with E-state index in [1.165, 1.54) is 23.1 Å². The standard InChI is InChI=1S/C26H19ClN4O2S2/c1-17-29-30-25(34-17)28-26-31(21-8-3-2-4-9-21)24(32)23(35-26)15-19-7-5-6-10-22(19)33-16-18-11-13-20(27)14-12-18/h2-15H,16H2,1H3/b23-15-,28-26+. The zero-order valence-corrected chi connectivity index (χ0v) is 21.0. The number of hydrogen-bond donors (Lipinski definition) is 0. The number of amides is 1. The molecule has 5 rings (SSSR count). The van der Waals surface area contributed by atoms with Gasteiger partial charge in [0.1, 0.15) is 17.4 Å².